The maximum Gasteiger partial charge on any atom is 0.410 e. The Balaban J connectivity index is 1.96. The van der Waals surface area contributed by atoms with E-state index in [0.29, 0.717) is 30.9 Å². The molecular formula is C18H23N3O4. The predicted molar refractivity (Wildman–Crippen MR) is 92.1 cm³/mol. The first-order valence-corrected chi connectivity index (χ1v) is 8.19. The van der Waals surface area contributed by atoms with Gasteiger partial charge in [-0.1, -0.05) is 12.1 Å². The number of carbonyl (C=O) groups is 2. The van der Waals surface area contributed by atoms with Gasteiger partial charge in [-0.05, 0) is 32.9 Å². The van der Waals surface area contributed by atoms with Gasteiger partial charge in [-0.3, -0.25) is 4.79 Å². The highest BCUT2D eigenvalue weighted by Gasteiger charge is 2.31. The van der Waals surface area contributed by atoms with Crippen molar-refractivity contribution in [3.05, 3.63) is 24.3 Å². The van der Waals surface area contributed by atoms with Crippen molar-refractivity contribution in [2.45, 2.75) is 45.3 Å². The first kappa shape index (κ1) is 18.6. The number of benzene rings is 1. The van der Waals surface area contributed by atoms with E-state index in [2.05, 4.69) is 5.32 Å². The third kappa shape index (κ3) is 5.68. The molecule has 1 heterocycles. The molecule has 1 aromatic carbocycles. The number of amides is 2. The average Bonchev–Trinajstić information content (AvgIpc) is 2.96. The summed E-state index contributed by atoms with van der Waals surface area (Å²) in [6.45, 7) is 6.47. The molecule has 1 atom stereocenters. The number of nitrogens with one attached hydrogen (secondary N) is 1. The zero-order valence-corrected chi connectivity index (χ0v) is 14.7. The molecule has 1 aliphatic rings. The Labute approximate surface area is 147 Å². The summed E-state index contributed by atoms with van der Waals surface area (Å²) >= 11 is 0. The third-order valence-electron chi connectivity index (χ3n) is 3.49. The van der Waals surface area contributed by atoms with E-state index < -0.39 is 5.60 Å². The van der Waals surface area contributed by atoms with Crippen molar-refractivity contribution in [1.82, 2.24) is 4.90 Å². The van der Waals surface area contributed by atoms with Gasteiger partial charge in [-0.15, -0.1) is 0 Å². The highest BCUT2D eigenvalue weighted by Crippen LogP contribution is 2.27. The van der Waals surface area contributed by atoms with E-state index >= 15 is 0 Å². The molecule has 25 heavy (non-hydrogen) atoms. The standard InChI is InChI=1S/C18H23N3O4/c1-18(2,3)25-17(23)21-11-9-13(12-21)24-15-7-5-4-6-14(15)20-16(22)8-10-19/h4-7,13H,8-9,11-12H2,1-3H3,(H,20,22). The fraction of sp³-hybridized carbons (Fsp3) is 0.500. The lowest BCUT2D eigenvalue weighted by molar-refractivity contribution is -0.115. The van der Waals surface area contributed by atoms with Crippen molar-refractivity contribution >= 4 is 17.7 Å². The molecule has 1 fully saturated rings. The normalized spacial score (nSPS) is 16.9. The first-order valence-electron chi connectivity index (χ1n) is 8.19. The van der Waals surface area contributed by atoms with Crippen molar-refractivity contribution in [3.63, 3.8) is 0 Å². The number of rotatable bonds is 4. The maximum atomic E-state index is 12.1. The second-order valence-corrected chi connectivity index (χ2v) is 6.83. The van der Waals surface area contributed by atoms with Crippen LogP contribution in [0.5, 0.6) is 5.75 Å². The van der Waals surface area contributed by atoms with Crippen LogP contribution in [0.15, 0.2) is 24.3 Å². The van der Waals surface area contributed by atoms with Crippen molar-refractivity contribution in [3.8, 4) is 11.8 Å². The molecule has 1 unspecified atom stereocenters. The van der Waals surface area contributed by atoms with Crippen LogP contribution in [0.3, 0.4) is 0 Å². The van der Waals surface area contributed by atoms with E-state index in [4.69, 9.17) is 14.7 Å². The lowest BCUT2D eigenvalue weighted by Gasteiger charge is -2.24. The van der Waals surface area contributed by atoms with Gasteiger partial charge in [0.1, 0.15) is 23.9 Å². The van der Waals surface area contributed by atoms with Gasteiger partial charge in [-0.25, -0.2) is 4.79 Å². The fourth-order valence-electron chi connectivity index (χ4n) is 2.44. The number of anilines is 1. The Bertz CT molecular complexity index is 676. The zero-order valence-electron chi connectivity index (χ0n) is 14.7. The highest BCUT2D eigenvalue weighted by molar-refractivity contribution is 5.93. The fourth-order valence-corrected chi connectivity index (χ4v) is 2.44. The van der Waals surface area contributed by atoms with Crippen molar-refractivity contribution < 1.29 is 19.1 Å². The topological polar surface area (TPSA) is 91.7 Å². The van der Waals surface area contributed by atoms with E-state index in [1.165, 1.54) is 0 Å². The van der Waals surface area contributed by atoms with Crippen LogP contribution >= 0.6 is 0 Å². The van der Waals surface area contributed by atoms with Gasteiger partial charge in [-0.2, -0.15) is 5.26 Å². The molecule has 2 amide bonds. The zero-order chi connectivity index (χ0) is 18.4. The highest BCUT2D eigenvalue weighted by atomic mass is 16.6. The van der Waals surface area contributed by atoms with Gasteiger partial charge in [0.15, 0.2) is 0 Å². The largest absolute Gasteiger partial charge is 0.486 e. The molecule has 7 heteroatoms. The summed E-state index contributed by atoms with van der Waals surface area (Å²) in [7, 11) is 0. The second kappa shape index (κ2) is 7.88. The van der Waals surface area contributed by atoms with Gasteiger partial charge in [0.25, 0.3) is 0 Å². The van der Waals surface area contributed by atoms with E-state index in [0.717, 1.165) is 0 Å². The van der Waals surface area contributed by atoms with Crippen molar-refractivity contribution in [2.75, 3.05) is 18.4 Å². The number of hydrogen-bond donors (Lipinski definition) is 1. The molecule has 1 saturated heterocycles. The summed E-state index contributed by atoms with van der Waals surface area (Å²) in [5.41, 5.74) is -0.0216. The van der Waals surface area contributed by atoms with Crippen LogP contribution in [0.25, 0.3) is 0 Å². The van der Waals surface area contributed by atoms with Gasteiger partial charge >= 0.3 is 6.09 Å². The number of hydrogen-bond acceptors (Lipinski definition) is 5. The van der Waals surface area contributed by atoms with Crippen LogP contribution in [0.2, 0.25) is 0 Å². The van der Waals surface area contributed by atoms with Crippen molar-refractivity contribution in [1.29, 1.82) is 5.26 Å². The summed E-state index contributed by atoms with van der Waals surface area (Å²) in [5, 5.41) is 11.2. The number of carbonyl (C=O) groups excluding carboxylic acids is 2. The smallest absolute Gasteiger partial charge is 0.410 e. The Kier molecular flexibility index (Phi) is 5.86. The van der Waals surface area contributed by atoms with Crippen LogP contribution in [-0.2, 0) is 9.53 Å². The number of likely N-dealkylation sites (tertiary alicyclic amines) is 1. The summed E-state index contributed by atoms with van der Waals surface area (Å²) < 4.78 is 11.3. The quantitative estimate of drug-likeness (QED) is 0.906. The minimum absolute atomic E-state index is 0.179. The molecule has 0 radical (unpaired) electrons. The van der Waals surface area contributed by atoms with E-state index in [1.54, 1.807) is 35.2 Å². The second-order valence-electron chi connectivity index (χ2n) is 6.83. The predicted octanol–water partition coefficient (Wildman–Crippen LogP) is 2.93. The number of para-hydroxylation sites is 2. The minimum Gasteiger partial charge on any atom is -0.486 e. The van der Waals surface area contributed by atoms with E-state index in [1.807, 2.05) is 20.8 Å². The minimum atomic E-state index is -0.534. The molecule has 0 saturated carbocycles. The maximum absolute atomic E-state index is 12.1. The summed E-state index contributed by atoms with van der Waals surface area (Å²) in [6.07, 6.45) is -0.0695. The molecule has 2 rings (SSSR count). The lowest BCUT2D eigenvalue weighted by atomic mass is 10.2. The van der Waals surface area contributed by atoms with Crippen LogP contribution < -0.4 is 10.1 Å². The Morgan fingerprint density at radius 2 is 2.08 bits per heavy atom. The summed E-state index contributed by atoms with van der Waals surface area (Å²) in [6, 6.07) is 8.84. The Morgan fingerprint density at radius 3 is 2.76 bits per heavy atom. The van der Waals surface area contributed by atoms with Crippen LogP contribution in [-0.4, -0.2) is 41.7 Å². The van der Waals surface area contributed by atoms with Gasteiger partial charge in [0.05, 0.1) is 18.3 Å². The van der Waals surface area contributed by atoms with Crippen LogP contribution in [0, 0.1) is 11.3 Å². The molecule has 1 aromatic rings. The lowest BCUT2D eigenvalue weighted by Crippen LogP contribution is -2.36. The van der Waals surface area contributed by atoms with Gasteiger partial charge in [0, 0.05) is 13.0 Å². The van der Waals surface area contributed by atoms with Crippen LogP contribution in [0.4, 0.5) is 10.5 Å². The molecule has 1 N–H and O–H groups in total. The first-order chi connectivity index (χ1) is 11.8. The summed E-state index contributed by atoms with van der Waals surface area (Å²) in [4.78, 5) is 25.3. The Hall–Kier alpha value is -2.75. The number of nitrogens with zero attached hydrogens (tertiary/aromatic N) is 2. The van der Waals surface area contributed by atoms with E-state index in [9.17, 15) is 9.59 Å². The average molecular weight is 345 g/mol. The molecule has 0 spiro atoms. The van der Waals surface area contributed by atoms with Gasteiger partial charge < -0.3 is 19.7 Å². The summed E-state index contributed by atoms with van der Waals surface area (Å²) in [5.74, 6) is 0.130. The number of ether oxygens (including phenoxy) is 2. The van der Waals surface area contributed by atoms with Crippen LogP contribution in [0.1, 0.15) is 33.6 Å². The Morgan fingerprint density at radius 1 is 1.36 bits per heavy atom. The monoisotopic (exact) mass is 345 g/mol. The molecule has 0 aliphatic carbocycles. The molecule has 0 bridgehead atoms. The molecule has 7 nitrogen and oxygen atoms in total. The van der Waals surface area contributed by atoms with Crippen molar-refractivity contribution in [2.24, 2.45) is 0 Å². The SMILES string of the molecule is CC(C)(C)OC(=O)N1CCC(Oc2ccccc2NC(=O)CC#N)C1. The third-order valence-corrected chi connectivity index (χ3v) is 3.49. The molecule has 134 valence electrons. The molecule has 0 aromatic heterocycles. The number of nitriles is 1. The molecule has 1 aliphatic heterocycles. The van der Waals surface area contributed by atoms with E-state index in [-0.39, 0.29) is 24.5 Å². The molecular weight excluding hydrogens is 322 g/mol. The van der Waals surface area contributed by atoms with Gasteiger partial charge in [0.2, 0.25) is 5.91 Å².